The molecule has 0 bridgehead atoms. The van der Waals surface area contributed by atoms with Gasteiger partial charge >= 0.3 is 5.97 Å². The van der Waals surface area contributed by atoms with Gasteiger partial charge in [0, 0.05) is 6.04 Å². The number of benzene rings is 1. The monoisotopic (exact) mass is 251 g/mol. The molecule has 1 unspecified atom stereocenters. The van der Waals surface area contributed by atoms with Crippen LogP contribution in [0.4, 0.5) is 4.39 Å². The zero-order valence-electron chi connectivity index (χ0n) is 10.7. The van der Waals surface area contributed by atoms with E-state index in [1.54, 1.807) is 6.07 Å². The van der Waals surface area contributed by atoms with Crippen molar-refractivity contribution in [3.8, 4) is 0 Å². The minimum atomic E-state index is -0.284. The van der Waals surface area contributed by atoms with Crippen LogP contribution in [0.3, 0.4) is 0 Å². The fourth-order valence-electron chi connectivity index (χ4n) is 2.09. The fourth-order valence-corrected chi connectivity index (χ4v) is 2.09. The van der Waals surface area contributed by atoms with Crippen molar-refractivity contribution >= 4 is 5.97 Å². The van der Waals surface area contributed by atoms with E-state index in [2.05, 4.69) is 5.32 Å². The Bertz CT molecular complexity index is 432. The number of ether oxygens (including phenoxy) is 1. The van der Waals surface area contributed by atoms with E-state index < -0.39 is 0 Å². The standard InChI is InChI=1S/C14H18FNO2/c1-9(11-4-3-5-12(15)8-11)16-13(10-6-7-10)14(17)18-2/h3-5,8-10,13,16H,6-7H2,1-2H3/t9-,13?/m0/s1. The highest BCUT2D eigenvalue weighted by molar-refractivity contribution is 5.76. The summed E-state index contributed by atoms with van der Waals surface area (Å²) in [4.78, 5) is 11.7. The van der Waals surface area contributed by atoms with Gasteiger partial charge in [0.25, 0.3) is 0 Å². The third-order valence-corrected chi connectivity index (χ3v) is 3.33. The molecule has 0 saturated heterocycles. The number of halogens is 1. The Kier molecular flexibility index (Phi) is 3.97. The molecule has 1 N–H and O–H groups in total. The average molecular weight is 251 g/mol. The van der Waals surface area contributed by atoms with Gasteiger partial charge in [-0.3, -0.25) is 10.1 Å². The van der Waals surface area contributed by atoms with E-state index in [-0.39, 0.29) is 23.9 Å². The molecule has 0 radical (unpaired) electrons. The number of carbonyl (C=O) groups excluding carboxylic acids is 1. The Balaban J connectivity index is 2.04. The molecule has 0 aromatic heterocycles. The molecule has 18 heavy (non-hydrogen) atoms. The summed E-state index contributed by atoms with van der Waals surface area (Å²) < 4.78 is 17.9. The maximum Gasteiger partial charge on any atom is 0.323 e. The Hall–Kier alpha value is -1.42. The molecule has 0 spiro atoms. The van der Waals surface area contributed by atoms with Gasteiger partial charge < -0.3 is 4.74 Å². The molecular weight excluding hydrogens is 233 g/mol. The summed E-state index contributed by atoms with van der Waals surface area (Å²) in [6, 6.07) is 6.06. The number of rotatable bonds is 5. The van der Waals surface area contributed by atoms with E-state index in [1.807, 2.05) is 13.0 Å². The molecule has 0 aliphatic heterocycles. The fraction of sp³-hybridized carbons (Fsp3) is 0.500. The van der Waals surface area contributed by atoms with Crippen LogP contribution in [0.1, 0.15) is 31.4 Å². The molecule has 4 heteroatoms. The molecular formula is C14H18FNO2. The number of methoxy groups -OCH3 is 1. The van der Waals surface area contributed by atoms with Gasteiger partial charge in [0.1, 0.15) is 11.9 Å². The first-order valence-corrected chi connectivity index (χ1v) is 6.21. The molecule has 98 valence electrons. The van der Waals surface area contributed by atoms with E-state index >= 15 is 0 Å². The molecule has 3 nitrogen and oxygen atoms in total. The minimum absolute atomic E-state index is 0.0783. The first kappa shape index (κ1) is 13.0. The van der Waals surface area contributed by atoms with Crippen molar-refractivity contribution in [2.24, 2.45) is 5.92 Å². The molecule has 2 rings (SSSR count). The Morgan fingerprint density at radius 3 is 2.78 bits per heavy atom. The molecule has 0 amide bonds. The van der Waals surface area contributed by atoms with Gasteiger partial charge in [-0.2, -0.15) is 0 Å². The van der Waals surface area contributed by atoms with Crippen molar-refractivity contribution in [2.75, 3.05) is 7.11 Å². The van der Waals surface area contributed by atoms with Crippen LogP contribution < -0.4 is 5.32 Å². The van der Waals surface area contributed by atoms with Crippen LogP contribution in [-0.2, 0) is 9.53 Å². The quantitative estimate of drug-likeness (QED) is 0.817. The van der Waals surface area contributed by atoms with Gasteiger partial charge in [-0.1, -0.05) is 12.1 Å². The normalized spacial score (nSPS) is 18.2. The van der Waals surface area contributed by atoms with Gasteiger partial charge in [0.15, 0.2) is 0 Å². The van der Waals surface area contributed by atoms with Gasteiger partial charge in [-0.15, -0.1) is 0 Å². The third kappa shape index (κ3) is 3.07. The maximum absolute atomic E-state index is 13.1. The number of nitrogens with one attached hydrogen (secondary N) is 1. The molecule has 2 atom stereocenters. The van der Waals surface area contributed by atoms with Gasteiger partial charge in [0.2, 0.25) is 0 Å². The topological polar surface area (TPSA) is 38.3 Å². The lowest BCUT2D eigenvalue weighted by molar-refractivity contribution is -0.144. The summed E-state index contributed by atoms with van der Waals surface area (Å²) in [5.74, 6) is -0.142. The Labute approximate surface area is 106 Å². The first-order chi connectivity index (χ1) is 8.61. The average Bonchev–Trinajstić information content (AvgIpc) is 3.19. The van der Waals surface area contributed by atoms with Gasteiger partial charge in [0.05, 0.1) is 7.11 Å². The highest BCUT2D eigenvalue weighted by atomic mass is 19.1. The SMILES string of the molecule is COC(=O)C(N[C@@H](C)c1cccc(F)c1)C1CC1. The lowest BCUT2D eigenvalue weighted by Gasteiger charge is -2.21. The van der Waals surface area contributed by atoms with Gasteiger partial charge in [-0.05, 0) is 43.4 Å². The molecule has 0 heterocycles. The molecule has 1 aromatic rings. The molecule has 1 aliphatic carbocycles. The Morgan fingerprint density at radius 2 is 2.22 bits per heavy atom. The van der Waals surface area contributed by atoms with Crippen LogP contribution in [0.25, 0.3) is 0 Å². The zero-order valence-corrected chi connectivity index (χ0v) is 10.7. The predicted molar refractivity (Wildman–Crippen MR) is 66.5 cm³/mol. The van der Waals surface area contributed by atoms with Crippen LogP contribution in [0.5, 0.6) is 0 Å². The minimum Gasteiger partial charge on any atom is -0.468 e. The summed E-state index contributed by atoms with van der Waals surface area (Å²) in [7, 11) is 1.40. The summed E-state index contributed by atoms with van der Waals surface area (Å²) >= 11 is 0. The number of hydrogen-bond acceptors (Lipinski definition) is 3. The first-order valence-electron chi connectivity index (χ1n) is 6.21. The largest absolute Gasteiger partial charge is 0.468 e. The maximum atomic E-state index is 13.1. The predicted octanol–water partition coefficient (Wildman–Crippen LogP) is 2.43. The third-order valence-electron chi connectivity index (χ3n) is 3.33. The lowest BCUT2D eigenvalue weighted by atomic mass is 10.1. The van der Waals surface area contributed by atoms with Crippen molar-refractivity contribution in [2.45, 2.75) is 31.8 Å². The highest BCUT2D eigenvalue weighted by Gasteiger charge is 2.37. The second-order valence-electron chi connectivity index (χ2n) is 4.78. The van der Waals surface area contributed by atoms with Crippen LogP contribution in [-0.4, -0.2) is 19.1 Å². The molecule has 1 fully saturated rings. The van der Waals surface area contributed by atoms with E-state index in [4.69, 9.17) is 4.74 Å². The molecule has 1 saturated carbocycles. The molecule has 1 aliphatic rings. The lowest BCUT2D eigenvalue weighted by Crippen LogP contribution is -2.40. The van der Waals surface area contributed by atoms with Gasteiger partial charge in [-0.25, -0.2) is 4.39 Å². The summed E-state index contributed by atoms with van der Waals surface area (Å²) in [5, 5.41) is 3.23. The highest BCUT2D eigenvalue weighted by Crippen LogP contribution is 2.34. The number of esters is 1. The number of carbonyl (C=O) groups is 1. The van der Waals surface area contributed by atoms with E-state index in [0.29, 0.717) is 5.92 Å². The van der Waals surface area contributed by atoms with Crippen molar-refractivity contribution < 1.29 is 13.9 Å². The Morgan fingerprint density at radius 1 is 1.50 bits per heavy atom. The second-order valence-corrected chi connectivity index (χ2v) is 4.78. The van der Waals surface area contributed by atoms with E-state index in [9.17, 15) is 9.18 Å². The second kappa shape index (κ2) is 5.48. The van der Waals surface area contributed by atoms with E-state index in [1.165, 1.54) is 19.2 Å². The van der Waals surface area contributed by atoms with Crippen LogP contribution in [0, 0.1) is 11.7 Å². The summed E-state index contributed by atoms with van der Waals surface area (Å²) in [6.07, 6.45) is 2.09. The summed E-state index contributed by atoms with van der Waals surface area (Å²) in [6.45, 7) is 1.92. The summed E-state index contributed by atoms with van der Waals surface area (Å²) in [5.41, 5.74) is 0.838. The molecule has 1 aromatic carbocycles. The smallest absolute Gasteiger partial charge is 0.323 e. The van der Waals surface area contributed by atoms with Crippen molar-refractivity contribution in [3.63, 3.8) is 0 Å². The van der Waals surface area contributed by atoms with E-state index in [0.717, 1.165) is 18.4 Å². The van der Waals surface area contributed by atoms with Crippen LogP contribution >= 0.6 is 0 Å². The zero-order chi connectivity index (χ0) is 13.1. The van der Waals surface area contributed by atoms with Crippen LogP contribution in [0.2, 0.25) is 0 Å². The van der Waals surface area contributed by atoms with Crippen molar-refractivity contribution in [1.82, 2.24) is 5.32 Å². The van der Waals surface area contributed by atoms with Crippen LogP contribution in [0.15, 0.2) is 24.3 Å². The van der Waals surface area contributed by atoms with Crippen molar-refractivity contribution in [1.29, 1.82) is 0 Å². The number of hydrogen-bond donors (Lipinski definition) is 1. The van der Waals surface area contributed by atoms with Crippen molar-refractivity contribution in [3.05, 3.63) is 35.6 Å².